The Morgan fingerprint density at radius 2 is 2.71 bits per heavy atom. The van der Waals surface area contributed by atoms with Gasteiger partial charge in [-0.2, -0.15) is 5.26 Å². The molecule has 0 N–H and O–H groups in total. The van der Waals surface area contributed by atoms with Crippen LogP contribution in [0.4, 0.5) is 0 Å². The Hall–Kier alpha value is -0.975. The van der Waals surface area contributed by atoms with Crippen molar-refractivity contribution in [2.24, 2.45) is 4.99 Å². The maximum absolute atomic E-state index is 7.87. The van der Waals surface area contributed by atoms with E-state index in [1.807, 2.05) is 6.07 Å². The van der Waals surface area contributed by atoms with Crippen molar-refractivity contribution < 1.29 is 4.65 Å². The highest BCUT2D eigenvalue weighted by atomic mass is 16.4. The summed E-state index contributed by atoms with van der Waals surface area (Å²) in [6, 6.07) is 1.82. The molecule has 0 aliphatic carbocycles. The largest absolute Gasteiger partial charge is 0.560 e. The number of hydrogen-bond acceptors (Lipinski definition) is 3. The van der Waals surface area contributed by atoms with Crippen molar-refractivity contribution in [3.8, 4) is 6.07 Å². The van der Waals surface area contributed by atoms with E-state index in [-0.39, 0.29) is 6.54 Å². The van der Waals surface area contributed by atoms with Gasteiger partial charge in [-0.25, -0.2) is 4.99 Å². The second-order valence-electron chi connectivity index (χ2n) is 0.840. The van der Waals surface area contributed by atoms with Crippen LogP contribution < -0.4 is 0 Å². The highest BCUT2D eigenvalue weighted by Crippen LogP contribution is 1.60. The molecule has 0 heterocycles. The van der Waals surface area contributed by atoms with Crippen LogP contribution in [0.25, 0.3) is 0 Å². The normalized spacial score (nSPS) is 8.43. The molecule has 3 nitrogen and oxygen atoms in total. The molecule has 36 valence electrons. The molecule has 0 unspecified atom stereocenters. The lowest BCUT2D eigenvalue weighted by Gasteiger charge is -1.79. The average Bonchev–Trinajstić information content (AvgIpc) is 1.69. The van der Waals surface area contributed by atoms with Crippen LogP contribution in [0.3, 0.4) is 0 Å². The first-order valence-electron chi connectivity index (χ1n) is 1.80. The number of rotatable bonds is 2. The molecule has 7 heavy (non-hydrogen) atoms. The second-order valence-corrected chi connectivity index (χ2v) is 0.840. The molecule has 0 aliphatic heterocycles. The Morgan fingerprint density at radius 3 is 3.14 bits per heavy atom. The van der Waals surface area contributed by atoms with E-state index in [1.54, 1.807) is 0 Å². The van der Waals surface area contributed by atoms with Gasteiger partial charge in [0.05, 0.1) is 6.07 Å². The molecule has 0 aromatic carbocycles. The van der Waals surface area contributed by atoms with E-state index in [1.165, 1.54) is 14.4 Å². The molecule has 0 aliphatic rings. The van der Waals surface area contributed by atoms with Crippen molar-refractivity contribution in [3.63, 3.8) is 0 Å². The molecular weight excluding hydrogens is 90.9 g/mol. The Labute approximate surface area is 43.1 Å². The summed E-state index contributed by atoms with van der Waals surface area (Å²) in [5, 5.41) is 7.87. The maximum atomic E-state index is 7.87. The third-order valence-electron chi connectivity index (χ3n) is 0.342. The summed E-state index contributed by atoms with van der Waals surface area (Å²) >= 11 is 0. The van der Waals surface area contributed by atoms with Crippen LogP contribution in [0.15, 0.2) is 4.99 Å². The SMILES string of the molecule is BOC=NCC#N. The predicted octanol–water partition coefficient (Wildman–Crippen LogP) is -0.897. The third kappa shape index (κ3) is 5.02. The molecule has 0 saturated carbocycles. The summed E-state index contributed by atoms with van der Waals surface area (Å²) in [7, 11) is 1.49. The van der Waals surface area contributed by atoms with E-state index in [9.17, 15) is 0 Å². The van der Waals surface area contributed by atoms with Gasteiger partial charge < -0.3 is 4.65 Å². The van der Waals surface area contributed by atoms with Crippen LogP contribution in [-0.2, 0) is 4.65 Å². The summed E-state index contributed by atoms with van der Waals surface area (Å²) in [5.41, 5.74) is 0. The van der Waals surface area contributed by atoms with Crippen LogP contribution in [0, 0.1) is 11.3 Å². The topological polar surface area (TPSA) is 45.4 Å². The van der Waals surface area contributed by atoms with Crippen LogP contribution in [0.2, 0.25) is 0 Å². The fourth-order valence-corrected chi connectivity index (χ4v) is 0.153. The molecule has 0 spiro atoms. The van der Waals surface area contributed by atoms with Gasteiger partial charge in [0.15, 0.2) is 6.40 Å². The fraction of sp³-hybridized carbons (Fsp3) is 0.333. The molecule has 0 amide bonds. The third-order valence-corrected chi connectivity index (χ3v) is 0.342. The minimum atomic E-state index is 0.174. The van der Waals surface area contributed by atoms with Crippen LogP contribution >= 0.6 is 0 Å². The smallest absolute Gasteiger partial charge is 0.323 e. The summed E-state index contributed by atoms with van der Waals surface area (Å²) in [6.07, 6.45) is 1.24. The zero-order chi connectivity index (χ0) is 5.54. The van der Waals surface area contributed by atoms with Gasteiger partial charge in [0.25, 0.3) is 0 Å². The van der Waals surface area contributed by atoms with Gasteiger partial charge in [-0.1, -0.05) is 0 Å². The van der Waals surface area contributed by atoms with Crippen molar-refractivity contribution in [2.45, 2.75) is 0 Å². The van der Waals surface area contributed by atoms with Crippen LogP contribution in [0.1, 0.15) is 0 Å². The lowest BCUT2D eigenvalue weighted by atomic mass is 10.6. The molecule has 0 saturated heterocycles. The summed E-state index contributed by atoms with van der Waals surface area (Å²) < 4.78 is 4.40. The molecular formula is C3H5BN2O. The zero-order valence-corrected chi connectivity index (χ0v) is 4.09. The number of nitrogens with zero attached hydrogens (tertiary/aromatic N) is 2. The zero-order valence-electron chi connectivity index (χ0n) is 4.09. The van der Waals surface area contributed by atoms with Gasteiger partial charge in [-0.3, -0.25) is 0 Å². The van der Waals surface area contributed by atoms with E-state index < -0.39 is 0 Å². The number of hydrogen-bond donors (Lipinski definition) is 0. The maximum Gasteiger partial charge on any atom is 0.323 e. The highest BCUT2D eigenvalue weighted by molar-refractivity contribution is 6.02. The molecule has 4 heteroatoms. The van der Waals surface area contributed by atoms with Gasteiger partial charge in [0.2, 0.25) is 0 Å². The first-order valence-corrected chi connectivity index (χ1v) is 1.80. The fourth-order valence-electron chi connectivity index (χ4n) is 0.153. The molecule has 0 atom stereocenters. The van der Waals surface area contributed by atoms with E-state index in [4.69, 9.17) is 5.26 Å². The second kappa shape index (κ2) is 5.02. The summed E-state index contributed by atoms with van der Waals surface area (Å²) in [4.78, 5) is 3.50. The van der Waals surface area contributed by atoms with Crippen molar-refractivity contribution in [2.75, 3.05) is 6.54 Å². The monoisotopic (exact) mass is 96.0 g/mol. The Balaban J connectivity index is 2.97. The Kier molecular flexibility index (Phi) is 4.32. The van der Waals surface area contributed by atoms with Gasteiger partial charge in [0.1, 0.15) is 6.54 Å². The van der Waals surface area contributed by atoms with Crippen molar-refractivity contribution in [3.05, 3.63) is 0 Å². The van der Waals surface area contributed by atoms with Gasteiger partial charge in [-0.05, 0) is 0 Å². The lowest BCUT2D eigenvalue weighted by Crippen LogP contribution is -1.79. The van der Waals surface area contributed by atoms with Crippen LogP contribution in [-0.4, -0.2) is 21.0 Å². The van der Waals surface area contributed by atoms with Crippen molar-refractivity contribution in [1.29, 1.82) is 5.26 Å². The molecule has 0 rings (SSSR count). The average molecular weight is 95.9 g/mol. The van der Waals surface area contributed by atoms with E-state index in [0.717, 1.165) is 0 Å². The molecule has 0 radical (unpaired) electrons. The minimum Gasteiger partial charge on any atom is -0.560 e. The van der Waals surface area contributed by atoms with Crippen LogP contribution in [0.5, 0.6) is 0 Å². The molecule has 0 aromatic rings. The quantitative estimate of drug-likeness (QED) is 0.193. The lowest BCUT2D eigenvalue weighted by molar-refractivity contribution is 0.637. The standard InChI is InChI=1S/C3H5BN2O/c4-7-3-6-2-1-5/h3H,2,4H2. The van der Waals surface area contributed by atoms with Gasteiger partial charge in [-0.15, -0.1) is 0 Å². The Morgan fingerprint density at radius 1 is 2.00 bits per heavy atom. The molecule has 0 aromatic heterocycles. The number of aliphatic imine (C=N–C) groups is 1. The summed E-state index contributed by atoms with van der Waals surface area (Å²) in [5.74, 6) is 0. The molecule has 0 bridgehead atoms. The highest BCUT2D eigenvalue weighted by Gasteiger charge is 1.65. The molecule has 0 fully saturated rings. The predicted molar refractivity (Wildman–Crippen MR) is 28.6 cm³/mol. The van der Waals surface area contributed by atoms with Gasteiger partial charge in [0, 0.05) is 0 Å². The van der Waals surface area contributed by atoms with E-state index in [2.05, 4.69) is 9.65 Å². The number of nitriles is 1. The van der Waals surface area contributed by atoms with Gasteiger partial charge >= 0.3 is 8.05 Å². The van der Waals surface area contributed by atoms with E-state index in [0.29, 0.717) is 0 Å². The van der Waals surface area contributed by atoms with Crippen molar-refractivity contribution >= 4 is 14.4 Å². The summed E-state index contributed by atoms with van der Waals surface area (Å²) in [6.45, 7) is 0.174. The first-order chi connectivity index (χ1) is 3.41. The van der Waals surface area contributed by atoms with E-state index >= 15 is 0 Å². The first kappa shape index (κ1) is 6.02. The van der Waals surface area contributed by atoms with Crippen molar-refractivity contribution in [1.82, 2.24) is 0 Å². The minimum absolute atomic E-state index is 0.174. The Bertz CT molecular complexity index is 95.6.